The van der Waals surface area contributed by atoms with Crippen LogP contribution in [0.2, 0.25) is 0 Å². The molecule has 1 aliphatic carbocycles. The summed E-state index contributed by atoms with van der Waals surface area (Å²) < 4.78 is 31.4. The Morgan fingerprint density at radius 2 is 1.71 bits per heavy atom. The number of benzene rings is 2. The molecular weight excluding hydrogens is 456 g/mol. The normalized spacial score (nSPS) is 15.5. The summed E-state index contributed by atoms with van der Waals surface area (Å²) in [5.74, 6) is -0.376. The number of hydrogen-bond acceptors (Lipinski definition) is 5. The van der Waals surface area contributed by atoms with Gasteiger partial charge in [0.1, 0.15) is 6.04 Å². The minimum Gasteiger partial charge on any atom is -0.352 e. The lowest BCUT2D eigenvalue weighted by Crippen LogP contribution is -2.50. The van der Waals surface area contributed by atoms with E-state index < -0.39 is 27.3 Å². The quantitative estimate of drug-likeness (QED) is 0.522. The maximum atomic E-state index is 13.3. The number of aryl methyl sites for hydroxylation is 1. The summed E-state index contributed by atoms with van der Waals surface area (Å²) in [5, 5.41) is 3.08. The first-order valence-electron chi connectivity index (χ1n) is 11.2. The summed E-state index contributed by atoms with van der Waals surface area (Å²) in [7, 11) is -1.29. The minimum absolute atomic E-state index is 0.0419. The molecule has 1 heterocycles. The molecule has 10 heteroatoms. The number of hydrogen-bond donors (Lipinski definition) is 2. The van der Waals surface area contributed by atoms with Crippen molar-refractivity contribution in [3.8, 4) is 0 Å². The van der Waals surface area contributed by atoms with Crippen molar-refractivity contribution in [2.24, 2.45) is 14.1 Å². The third-order valence-electron chi connectivity index (χ3n) is 6.35. The average molecular weight is 485 g/mol. The van der Waals surface area contributed by atoms with Gasteiger partial charge in [0.15, 0.2) is 0 Å². The Bertz CT molecular complexity index is 1440. The van der Waals surface area contributed by atoms with Gasteiger partial charge in [-0.25, -0.2) is 13.2 Å². The number of fused-ring (bicyclic) bond motifs is 1. The molecule has 0 radical (unpaired) electrons. The molecule has 2 aromatic carbocycles. The predicted octanol–water partition coefficient (Wildman–Crippen LogP) is 1.19. The van der Waals surface area contributed by atoms with Crippen molar-refractivity contribution in [2.75, 3.05) is 0 Å². The third kappa shape index (κ3) is 4.83. The first kappa shape index (κ1) is 23.9. The monoisotopic (exact) mass is 484 g/mol. The van der Waals surface area contributed by atoms with Gasteiger partial charge in [-0.05, 0) is 43.0 Å². The van der Waals surface area contributed by atoms with Crippen molar-refractivity contribution in [2.45, 2.75) is 49.1 Å². The number of amides is 1. The van der Waals surface area contributed by atoms with Crippen LogP contribution in [-0.4, -0.2) is 35.5 Å². The van der Waals surface area contributed by atoms with Crippen LogP contribution in [0.5, 0.6) is 0 Å². The molecule has 34 heavy (non-hydrogen) atoms. The fourth-order valence-electron chi connectivity index (χ4n) is 4.41. The summed E-state index contributed by atoms with van der Waals surface area (Å²) in [4.78, 5) is 37.7. The van der Waals surface area contributed by atoms with E-state index in [2.05, 4.69) is 10.0 Å². The van der Waals surface area contributed by atoms with Gasteiger partial charge in [0.2, 0.25) is 15.9 Å². The summed E-state index contributed by atoms with van der Waals surface area (Å²) in [6, 6.07) is 12.2. The van der Waals surface area contributed by atoms with Gasteiger partial charge in [-0.15, -0.1) is 0 Å². The lowest BCUT2D eigenvalue weighted by Gasteiger charge is -2.21. The zero-order valence-electron chi connectivity index (χ0n) is 19.2. The average Bonchev–Trinajstić information content (AvgIpc) is 3.34. The standard InChI is InChI=1S/C24H28N4O5S/c1-27-21-13-12-18(15-19(21)23(30)28(2)24(27)31)34(32,33)26-20(14-16-8-4-3-5-9-16)22(29)25-17-10-6-7-11-17/h3-5,8-9,12-13,15,17,20,26H,6-7,10-11,14H2,1-2H3,(H,25,29)/t20-/m1/s1. The number of nitrogens with zero attached hydrogens (tertiary/aromatic N) is 2. The van der Waals surface area contributed by atoms with E-state index in [-0.39, 0.29) is 28.7 Å². The van der Waals surface area contributed by atoms with Gasteiger partial charge in [-0.2, -0.15) is 4.72 Å². The molecule has 1 atom stereocenters. The summed E-state index contributed by atoms with van der Waals surface area (Å²) in [6.45, 7) is 0. The summed E-state index contributed by atoms with van der Waals surface area (Å²) in [6.07, 6.45) is 4.01. The second kappa shape index (κ2) is 9.55. The molecule has 0 bridgehead atoms. The van der Waals surface area contributed by atoms with Crippen LogP contribution in [0, 0.1) is 0 Å². The Morgan fingerprint density at radius 1 is 1.03 bits per heavy atom. The van der Waals surface area contributed by atoms with Gasteiger partial charge >= 0.3 is 5.69 Å². The highest BCUT2D eigenvalue weighted by Gasteiger charge is 2.29. The van der Waals surface area contributed by atoms with Gasteiger partial charge < -0.3 is 5.32 Å². The molecule has 2 N–H and O–H groups in total. The van der Waals surface area contributed by atoms with Crippen molar-refractivity contribution in [1.29, 1.82) is 0 Å². The van der Waals surface area contributed by atoms with Crippen LogP contribution < -0.4 is 21.3 Å². The summed E-state index contributed by atoms with van der Waals surface area (Å²) in [5.41, 5.74) is 0.0544. The molecule has 0 unspecified atom stereocenters. The topological polar surface area (TPSA) is 119 Å². The maximum absolute atomic E-state index is 13.3. The first-order valence-corrected chi connectivity index (χ1v) is 12.7. The van der Waals surface area contributed by atoms with E-state index in [1.807, 2.05) is 30.3 Å². The number of nitrogens with one attached hydrogen (secondary N) is 2. The second-order valence-electron chi connectivity index (χ2n) is 8.74. The lowest BCUT2D eigenvalue weighted by atomic mass is 10.1. The molecule has 1 saturated carbocycles. The molecule has 1 aromatic heterocycles. The fraction of sp³-hybridized carbons (Fsp3) is 0.375. The van der Waals surface area contributed by atoms with E-state index in [1.165, 1.54) is 36.9 Å². The van der Waals surface area contributed by atoms with Crippen LogP contribution in [0.25, 0.3) is 10.9 Å². The molecule has 0 saturated heterocycles. The lowest BCUT2D eigenvalue weighted by molar-refractivity contribution is -0.123. The number of rotatable bonds is 7. The van der Waals surface area contributed by atoms with Gasteiger partial charge in [-0.3, -0.25) is 18.7 Å². The molecule has 0 aliphatic heterocycles. The zero-order valence-corrected chi connectivity index (χ0v) is 20.0. The number of carbonyl (C=O) groups excluding carboxylic acids is 1. The van der Waals surface area contributed by atoms with Crippen molar-refractivity contribution in [1.82, 2.24) is 19.2 Å². The first-order chi connectivity index (χ1) is 16.2. The largest absolute Gasteiger partial charge is 0.352 e. The van der Waals surface area contributed by atoms with E-state index in [0.717, 1.165) is 35.8 Å². The van der Waals surface area contributed by atoms with Crippen LogP contribution >= 0.6 is 0 Å². The van der Waals surface area contributed by atoms with Crippen LogP contribution in [0.3, 0.4) is 0 Å². The van der Waals surface area contributed by atoms with Crippen molar-refractivity contribution < 1.29 is 13.2 Å². The maximum Gasteiger partial charge on any atom is 0.330 e. The molecule has 9 nitrogen and oxygen atoms in total. The van der Waals surface area contributed by atoms with Crippen molar-refractivity contribution in [3.05, 3.63) is 74.9 Å². The Labute approximate surface area is 197 Å². The number of carbonyl (C=O) groups is 1. The highest BCUT2D eigenvalue weighted by Crippen LogP contribution is 2.19. The van der Waals surface area contributed by atoms with E-state index in [4.69, 9.17) is 0 Å². The van der Waals surface area contributed by atoms with Crippen molar-refractivity contribution in [3.63, 3.8) is 0 Å². The summed E-state index contributed by atoms with van der Waals surface area (Å²) >= 11 is 0. The fourth-order valence-corrected chi connectivity index (χ4v) is 5.63. The second-order valence-corrected chi connectivity index (χ2v) is 10.5. The smallest absolute Gasteiger partial charge is 0.330 e. The van der Waals surface area contributed by atoms with E-state index in [1.54, 1.807) is 0 Å². The SMILES string of the molecule is Cn1c(=O)c2cc(S(=O)(=O)N[C@H](Cc3ccccc3)C(=O)NC3CCCC3)ccc2n(C)c1=O. The van der Waals surface area contributed by atoms with Gasteiger partial charge in [-0.1, -0.05) is 43.2 Å². The Morgan fingerprint density at radius 3 is 2.38 bits per heavy atom. The van der Waals surface area contributed by atoms with Gasteiger partial charge in [0, 0.05) is 20.1 Å². The minimum atomic E-state index is -4.15. The molecule has 180 valence electrons. The van der Waals surface area contributed by atoms with Crippen molar-refractivity contribution >= 4 is 26.8 Å². The Balaban J connectivity index is 1.68. The van der Waals surface area contributed by atoms with Crippen LogP contribution in [0.1, 0.15) is 31.2 Å². The van der Waals surface area contributed by atoms with Crippen LogP contribution in [0.15, 0.2) is 63.0 Å². The zero-order chi connectivity index (χ0) is 24.5. The van der Waals surface area contributed by atoms with Crippen LogP contribution in [-0.2, 0) is 35.3 Å². The number of aromatic nitrogens is 2. The molecule has 0 spiro atoms. The predicted molar refractivity (Wildman–Crippen MR) is 129 cm³/mol. The highest BCUT2D eigenvalue weighted by atomic mass is 32.2. The van der Waals surface area contributed by atoms with E-state index in [9.17, 15) is 22.8 Å². The van der Waals surface area contributed by atoms with E-state index in [0.29, 0.717) is 5.52 Å². The molecule has 1 aliphatic rings. The Kier molecular flexibility index (Phi) is 6.72. The molecule has 1 fully saturated rings. The van der Waals surface area contributed by atoms with Gasteiger partial charge in [0.05, 0.1) is 15.8 Å². The Hall–Kier alpha value is -3.24. The molecular formula is C24H28N4O5S. The molecule has 4 rings (SSSR count). The number of sulfonamides is 1. The molecule has 1 amide bonds. The third-order valence-corrected chi connectivity index (χ3v) is 7.82. The highest BCUT2D eigenvalue weighted by molar-refractivity contribution is 7.89. The van der Waals surface area contributed by atoms with E-state index >= 15 is 0 Å². The molecule has 3 aromatic rings. The van der Waals surface area contributed by atoms with Gasteiger partial charge in [0.25, 0.3) is 5.56 Å². The van der Waals surface area contributed by atoms with Crippen LogP contribution in [0.4, 0.5) is 0 Å².